The second-order valence-corrected chi connectivity index (χ2v) is 6.50. The number of nitrogens with zero attached hydrogens (tertiary/aromatic N) is 3. The summed E-state index contributed by atoms with van der Waals surface area (Å²) < 4.78 is 0. The molecule has 3 heterocycles. The maximum Gasteiger partial charge on any atom is 0.146 e. The van der Waals surface area contributed by atoms with Gasteiger partial charge in [0.1, 0.15) is 5.82 Å². The van der Waals surface area contributed by atoms with Gasteiger partial charge in [0.25, 0.3) is 0 Å². The van der Waals surface area contributed by atoms with E-state index in [0.29, 0.717) is 5.82 Å². The van der Waals surface area contributed by atoms with Gasteiger partial charge in [-0.05, 0) is 25.0 Å². The van der Waals surface area contributed by atoms with E-state index in [1.165, 1.54) is 37.4 Å². The minimum absolute atomic E-state index is 0.662. The van der Waals surface area contributed by atoms with Gasteiger partial charge >= 0.3 is 0 Å². The topological polar surface area (TPSA) is 45.4 Å². The summed E-state index contributed by atoms with van der Waals surface area (Å²) in [6.45, 7) is 4.74. The second-order valence-electron chi connectivity index (χ2n) is 5.27. The van der Waals surface area contributed by atoms with Crippen LogP contribution in [0.5, 0.6) is 0 Å². The monoisotopic (exact) mass is 278 g/mol. The SMILES string of the molecule is Nc1ncccc1N1CCC(N2CCSCC2)CC1. The first-order valence-corrected chi connectivity index (χ1v) is 8.27. The number of rotatable bonds is 2. The van der Waals surface area contributed by atoms with Crippen molar-refractivity contribution in [3.05, 3.63) is 18.3 Å². The Labute approximate surface area is 119 Å². The normalized spacial score (nSPS) is 22.6. The summed E-state index contributed by atoms with van der Waals surface area (Å²) in [5.74, 6) is 3.27. The van der Waals surface area contributed by atoms with Gasteiger partial charge in [-0.2, -0.15) is 11.8 Å². The molecular formula is C14H22N4S. The summed E-state index contributed by atoms with van der Waals surface area (Å²) in [5.41, 5.74) is 7.07. The van der Waals surface area contributed by atoms with Gasteiger partial charge in [-0.3, -0.25) is 4.90 Å². The number of thioether (sulfide) groups is 1. The lowest BCUT2D eigenvalue weighted by molar-refractivity contribution is 0.186. The average molecular weight is 278 g/mol. The predicted octanol–water partition coefficient (Wildman–Crippen LogP) is 1.68. The first kappa shape index (κ1) is 13.1. The molecule has 1 aromatic rings. The number of hydrogen-bond donors (Lipinski definition) is 1. The first-order chi connectivity index (χ1) is 9.34. The van der Waals surface area contributed by atoms with Crippen molar-refractivity contribution in [2.45, 2.75) is 18.9 Å². The predicted molar refractivity (Wildman–Crippen MR) is 82.8 cm³/mol. The van der Waals surface area contributed by atoms with E-state index in [1.54, 1.807) is 6.20 Å². The van der Waals surface area contributed by atoms with E-state index in [-0.39, 0.29) is 0 Å². The Bertz CT molecular complexity index is 412. The number of aromatic nitrogens is 1. The highest BCUT2D eigenvalue weighted by Gasteiger charge is 2.26. The third-order valence-corrected chi connectivity index (χ3v) is 5.13. The van der Waals surface area contributed by atoms with Crippen LogP contribution in [0.1, 0.15) is 12.8 Å². The molecule has 0 aliphatic carbocycles. The van der Waals surface area contributed by atoms with Crippen molar-refractivity contribution in [2.24, 2.45) is 0 Å². The van der Waals surface area contributed by atoms with Crippen molar-refractivity contribution >= 4 is 23.3 Å². The van der Waals surface area contributed by atoms with Gasteiger partial charge < -0.3 is 10.6 Å². The fourth-order valence-corrected chi connectivity index (χ4v) is 4.02. The number of anilines is 2. The van der Waals surface area contributed by atoms with Crippen LogP contribution in [0.3, 0.4) is 0 Å². The molecule has 0 spiro atoms. The van der Waals surface area contributed by atoms with Crippen molar-refractivity contribution in [1.82, 2.24) is 9.88 Å². The Morgan fingerprint density at radius 1 is 1.16 bits per heavy atom. The summed E-state index contributed by atoms with van der Waals surface area (Å²) in [5, 5.41) is 0. The third kappa shape index (κ3) is 2.98. The molecule has 0 atom stereocenters. The molecule has 2 aliphatic rings. The van der Waals surface area contributed by atoms with E-state index in [0.717, 1.165) is 24.8 Å². The van der Waals surface area contributed by atoms with Gasteiger partial charge in [0.2, 0.25) is 0 Å². The van der Waals surface area contributed by atoms with Crippen LogP contribution in [-0.4, -0.2) is 53.6 Å². The Kier molecular flexibility index (Phi) is 4.13. The highest BCUT2D eigenvalue weighted by atomic mass is 32.2. The van der Waals surface area contributed by atoms with Crippen LogP contribution in [0.15, 0.2) is 18.3 Å². The Balaban J connectivity index is 1.58. The van der Waals surface area contributed by atoms with Crippen molar-refractivity contribution in [3.63, 3.8) is 0 Å². The van der Waals surface area contributed by atoms with E-state index in [4.69, 9.17) is 5.73 Å². The lowest BCUT2D eigenvalue weighted by atomic mass is 10.0. The van der Waals surface area contributed by atoms with Crippen molar-refractivity contribution in [3.8, 4) is 0 Å². The molecule has 0 saturated carbocycles. The Morgan fingerprint density at radius 3 is 2.58 bits per heavy atom. The van der Waals surface area contributed by atoms with Crippen molar-refractivity contribution in [2.75, 3.05) is 48.3 Å². The molecule has 1 aromatic heterocycles. The Hall–Kier alpha value is -0.940. The fourth-order valence-electron chi connectivity index (χ4n) is 3.09. The smallest absolute Gasteiger partial charge is 0.146 e. The largest absolute Gasteiger partial charge is 0.382 e. The number of nitrogens with two attached hydrogens (primary N) is 1. The summed E-state index contributed by atoms with van der Waals surface area (Å²) in [6, 6.07) is 4.83. The van der Waals surface area contributed by atoms with Gasteiger partial charge in [-0.25, -0.2) is 4.98 Å². The zero-order valence-corrected chi connectivity index (χ0v) is 12.1. The first-order valence-electron chi connectivity index (χ1n) is 7.12. The van der Waals surface area contributed by atoms with E-state index < -0.39 is 0 Å². The van der Waals surface area contributed by atoms with E-state index in [2.05, 4.69) is 32.6 Å². The van der Waals surface area contributed by atoms with Gasteiger partial charge in [-0.15, -0.1) is 0 Å². The molecule has 0 aromatic carbocycles. The summed E-state index contributed by atoms with van der Waals surface area (Å²) in [7, 11) is 0. The van der Waals surface area contributed by atoms with Crippen LogP contribution < -0.4 is 10.6 Å². The highest BCUT2D eigenvalue weighted by Crippen LogP contribution is 2.26. The maximum absolute atomic E-state index is 5.96. The molecular weight excluding hydrogens is 256 g/mol. The van der Waals surface area contributed by atoms with Crippen LogP contribution in [-0.2, 0) is 0 Å². The molecule has 0 amide bonds. The van der Waals surface area contributed by atoms with E-state index >= 15 is 0 Å². The molecule has 2 aliphatic heterocycles. The number of hydrogen-bond acceptors (Lipinski definition) is 5. The average Bonchev–Trinajstić information content (AvgIpc) is 2.49. The minimum Gasteiger partial charge on any atom is -0.382 e. The van der Waals surface area contributed by atoms with Crippen LogP contribution in [0.2, 0.25) is 0 Å². The highest BCUT2D eigenvalue weighted by molar-refractivity contribution is 7.99. The minimum atomic E-state index is 0.662. The molecule has 3 rings (SSSR count). The molecule has 0 bridgehead atoms. The van der Waals surface area contributed by atoms with Gasteiger partial charge in [0.05, 0.1) is 5.69 Å². The zero-order valence-electron chi connectivity index (χ0n) is 11.3. The van der Waals surface area contributed by atoms with E-state index in [9.17, 15) is 0 Å². The molecule has 2 fully saturated rings. The quantitative estimate of drug-likeness (QED) is 0.892. The zero-order chi connectivity index (χ0) is 13.1. The standard InChI is InChI=1S/C14H22N4S/c15-14-13(2-1-5-16-14)18-6-3-12(4-7-18)17-8-10-19-11-9-17/h1-2,5,12H,3-4,6-11H2,(H2,15,16). The fraction of sp³-hybridized carbons (Fsp3) is 0.643. The summed E-state index contributed by atoms with van der Waals surface area (Å²) in [6.07, 6.45) is 4.26. The van der Waals surface area contributed by atoms with Crippen LogP contribution in [0.25, 0.3) is 0 Å². The molecule has 2 N–H and O–H groups in total. The number of nitrogen functional groups attached to an aromatic ring is 1. The van der Waals surface area contributed by atoms with Crippen LogP contribution in [0.4, 0.5) is 11.5 Å². The Morgan fingerprint density at radius 2 is 1.89 bits per heavy atom. The van der Waals surface area contributed by atoms with Crippen molar-refractivity contribution < 1.29 is 0 Å². The van der Waals surface area contributed by atoms with Gasteiger partial charge in [0.15, 0.2) is 0 Å². The molecule has 0 unspecified atom stereocenters. The van der Waals surface area contributed by atoms with Gasteiger partial charge in [-0.1, -0.05) is 0 Å². The second kappa shape index (κ2) is 6.01. The maximum atomic E-state index is 5.96. The number of pyridine rings is 1. The molecule has 4 nitrogen and oxygen atoms in total. The van der Waals surface area contributed by atoms with Crippen LogP contribution in [0, 0.1) is 0 Å². The number of piperidine rings is 1. The lowest BCUT2D eigenvalue weighted by Gasteiger charge is -2.40. The molecule has 2 saturated heterocycles. The lowest BCUT2D eigenvalue weighted by Crippen LogP contribution is -2.47. The molecule has 0 radical (unpaired) electrons. The van der Waals surface area contributed by atoms with E-state index in [1.807, 2.05) is 6.07 Å². The third-order valence-electron chi connectivity index (χ3n) is 4.18. The summed E-state index contributed by atoms with van der Waals surface area (Å²) in [4.78, 5) is 9.25. The summed E-state index contributed by atoms with van der Waals surface area (Å²) >= 11 is 2.09. The van der Waals surface area contributed by atoms with Crippen LogP contribution >= 0.6 is 11.8 Å². The molecule has 5 heteroatoms. The van der Waals surface area contributed by atoms with Gasteiger partial charge in [0, 0.05) is 49.9 Å². The molecule has 19 heavy (non-hydrogen) atoms. The molecule has 104 valence electrons. The van der Waals surface area contributed by atoms with Crippen molar-refractivity contribution in [1.29, 1.82) is 0 Å².